The molecule has 7 heteroatoms. The highest BCUT2D eigenvalue weighted by molar-refractivity contribution is 14.0. The lowest BCUT2D eigenvalue weighted by atomic mass is 10.1. The fourth-order valence-corrected chi connectivity index (χ4v) is 1.77. The number of nitrogens with zero attached hydrogens (tertiary/aromatic N) is 1. The van der Waals surface area contributed by atoms with E-state index in [1.54, 1.807) is 7.05 Å². The average molecular weight is 429 g/mol. The van der Waals surface area contributed by atoms with Crippen LogP contribution < -0.4 is 10.6 Å². The molecule has 1 rings (SSSR count). The number of nitrogens with one attached hydrogen (secondary N) is 2. The summed E-state index contributed by atoms with van der Waals surface area (Å²) >= 11 is 0. The van der Waals surface area contributed by atoms with Crippen molar-refractivity contribution in [3.05, 3.63) is 35.4 Å². The number of aliphatic imine (C=N–C) groups is 1. The van der Waals surface area contributed by atoms with Gasteiger partial charge >= 0.3 is 6.18 Å². The number of aryl methyl sites for hydroxylation is 1. The molecule has 0 fully saturated rings. The summed E-state index contributed by atoms with van der Waals surface area (Å²) in [4.78, 5) is 4.04. The summed E-state index contributed by atoms with van der Waals surface area (Å²) in [5.41, 5.74) is 2.33. The summed E-state index contributed by atoms with van der Waals surface area (Å²) < 4.78 is 36.0. The van der Waals surface area contributed by atoms with Crippen molar-refractivity contribution in [3.8, 4) is 0 Å². The van der Waals surface area contributed by atoms with Gasteiger partial charge < -0.3 is 10.6 Å². The van der Waals surface area contributed by atoms with Gasteiger partial charge in [0.1, 0.15) is 0 Å². The lowest BCUT2D eigenvalue weighted by molar-refractivity contribution is -0.135. The molecule has 0 saturated carbocycles. The molecule has 0 amide bonds. The SMILES string of the molecule is CN=C(NCCCCC(F)(F)F)NCc1ccc(C)cc1.I. The van der Waals surface area contributed by atoms with E-state index in [1.807, 2.05) is 31.2 Å². The van der Waals surface area contributed by atoms with Crippen molar-refractivity contribution in [2.45, 2.75) is 38.9 Å². The molecule has 1 aromatic rings. The zero-order valence-electron chi connectivity index (χ0n) is 12.8. The predicted octanol–water partition coefficient (Wildman–Crippen LogP) is 4.01. The maximum atomic E-state index is 12.0. The third-order valence-corrected chi connectivity index (χ3v) is 2.98. The number of hydrogen-bond acceptors (Lipinski definition) is 1. The highest BCUT2D eigenvalue weighted by Gasteiger charge is 2.25. The molecular formula is C15H23F3IN3. The molecule has 0 radical (unpaired) electrons. The molecular weight excluding hydrogens is 406 g/mol. The van der Waals surface area contributed by atoms with Gasteiger partial charge in [0.25, 0.3) is 0 Å². The maximum Gasteiger partial charge on any atom is 0.389 e. The Balaban J connectivity index is 0.00000441. The van der Waals surface area contributed by atoms with Crippen molar-refractivity contribution in [3.63, 3.8) is 0 Å². The Bertz CT molecular complexity index is 444. The van der Waals surface area contributed by atoms with Crippen LogP contribution in [0.1, 0.15) is 30.4 Å². The van der Waals surface area contributed by atoms with E-state index in [9.17, 15) is 13.2 Å². The highest BCUT2D eigenvalue weighted by Crippen LogP contribution is 2.21. The molecule has 1 aromatic carbocycles. The van der Waals surface area contributed by atoms with Crippen molar-refractivity contribution >= 4 is 29.9 Å². The normalized spacial score (nSPS) is 11.8. The topological polar surface area (TPSA) is 36.4 Å². The summed E-state index contributed by atoms with van der Waals surface area (Å²) in [6.45, 7) is 3.13. The van der Waals surface area contributed by atoms with Crippen LogP contribution in [-0.2, 0) is 6.54 Å². The Labute approximate surface area is 146 Å². The van der Waals surface area contributed by atoms with Crippen LogP contribution in [0.25, 0.3) is 0 Å². The van der Waals surface area contributed by atoms with Gasteiger partial charge in [0.15, 0.2) is 5.96 Å². The van der Waals surface area contributed by atoms with Gasteiger partial charge in [-0.15, -0.1) is 24.0 Å². The lowest BCUT2D eigenvalue weighted by Gasteiger charge is -2.12. The van der Waals surface area contributed by atoms with E-state index in [0.29, 0.717) is 25.5 Å². The van der Waals surface area contributed by atoms with E-state index in [1.165, 1.54) is 5.56 Å². The van der Waals surface area contributed by atoms with Crippen molar-refractivity contribution in [1.29, 1.82) is 0 Å². The fraction of sp³-hybridized carbons (Fsp3) is 0.533. The van der Waals surface area contributed by atoms with Gasteiger partial charge in [-0.3, -0.25) is 4.99 Å². The largest absolute Gasteiger partial charge is 0.389 e. The van der Waals surface area contributed by atoms with E-state index in [0.717, 1.165) is 5.56 Å². The van der Waals surface area contributed by atoms with Crippen LogP contribution in [0.2, 0.25) is 0 Å². The highest BCUT2D eigenvalue weighted by atomic mass is 127. The lowest BCUT2D eigenvalue weighted by Crippen LogP contribution is -2.37. The predicted molar refractivity (Wildman–Crippen MR) is 94.7 cm³/mol. The summed E-state index contributed by atoms with van der Waals surface area (Å²) in [5, 5.41) is 6.14. The number of alkyl halides is 3. The Morgan fingerprint density at radius 2 is 1.73 bits per heavy atom. The Kier molecular flexibility index (Phi) is 10.2. The number of benzene rings is 1. The minimum atomic E-state index is -4.06. The summed E-state index contributed by atoms with van der Waals surface area (Å²) in [6.07, 6.45) is -4.20. The molecule has 2 N–H and O–H groups in total. The molecule has 22 heavy (non-hydrogen) atoms. The van der Waals surface area contributed by atoms with Crippen LogP contribution in [0.4, 0.5) is 13.2 Å². The second kappa shape index (κ2) is 10.7. The van der Waals surface area contributed by atoms with Gasteiger partial charge in [-0.2, -0.15) is 13.2 Å². The van der Waals surface area contributed by atoms with Gasteiger partial charge in [0.2, 0.25) is 0 Å². The van der Waals surface area contributed by atoms with Crippen LogP contribution >= 0.6 is 24.0 Å². The molecule has 0 atom stereocenters. The van der Waals surface area contributed by atoms with E-state index in [2.05, 4.69) is 15.6 Å². The Morgan fingerprint density at radius 1 is 1.09 bits per heavy atom. The summed E-state index contributed by atoms with van der Waals surface area (Å²) in [5.74, 6) is 0.600. The molecule has 0 aliphatic rings. The molecule has 126 valence electrons. The number of rotatable bonds is 6. The molecule has 0 unspecified atom stereocenters. The Morgan fingerprint density at radius 3 is 2.27 bits per heavy atom. The van der Waals surface area contributed by atoms with Gasteiger partial charge in [-0.25, -0.2) is 0 Å². The van der Waals surface area contributed by atoms with Crippen molar-refractivity contribution < 1.29 is 13.2 Å². The van der Waals surface area contributed by atoms with E-state index in [-0.39, 0.29) is 30.4 Å². The molecule has 0 spiro atoms. The van der Waals surface area contributed by atoms with Crippen LogP contribution in [0, 0.1) is 6.92 Å². The third-order valence-electron chi connectivity index (χ3n) is 2.98. The van der Waals surface area contributed by atoms with Gasteiger partial charge in [0.05, 0.1) is 0 Å². The second-order valence-corrected chi connectivity index (χ2v) is 4.91. The minimum absolute atomic E-state index is 0. The van der Waals surface area contributed by atoms with Crippen molar-refractivity contribution in [1.82, 2.24) is 10.6 Å². The minimum Gasteiger partial charge on any atom is -0.356 e. The van der Waals surface area contributed by atoms with Crippen molar-refractivity contribution in [2.75, 3.05) is 13.6 Å². The molecule has 0 saturated heterocycles. The molecule has 0 aliphatic heterocycles. The molecule has 0 aliphatic carbocycles. The summed E-state index contributed by atoms with van der Waals surface area (Å²) in [7, 11) is 1.64. The molecule has 3 nitrogen and oxygen atoms in total. The van der Waals surface area contributed by atoms with E-state index >= 15 is 0 Å². The van der Waals surface area contributed by atoms with E-state index < -0.39 is 12.6 Å². The number of guanidine groups is 1. The average Bonchev–Trinajstić information content (AvgIpc) is 2.42. The number of halogens is 4. The molecule has 0 bridgehead atoms. The number of hydrogen-bond donors (Lipinski definition) is 2. The zero-order chi connectivity index (χ0) is 15.7. The van der Waals surface area contributed by atoms with Crippen LogP contribution in [0.3, 0.4) is 0 Å². The van der Waals surface area contributed by atoms with E-state index in [4.69, 9.17) is 0 Å². The molecule has 0 aromatic heterocycles. The van der Waals surface area contributed by atoms with Crippen LogP contribution in [-0.4, -0.2) is 25.7 Å². The van der Waals surface area contributed by atoms with Gasteiger partial charge in [0, 0.05) is 26.6 Å². The standard InChI is InChI=1S/C15H22F3N3.HI/c1-12-5-7-13(8-6-12)11-21-14(19-2)20-10-4-3-9-15(16,17)18;/h5-8H,3-4,9-11H2,1-2H3,(H2,19,20,21);1H. The third kappa shape index (κ3) is 9.86. The number of unbranched alkanes of at least 4 members (excludes halogenated alkanes) is 1. The van der Waals surface area contributed by atoms with Gasteiger partial charge in [-0.05, 0) is 25.3 Å². The Hall–Kier alpha value is -0.990. The van der Waals surface area contributed by atoms with Crippen molar-refractivity contribution in [2.24, 2.45) is 4.99 Å². The summed E-state index contributed by atoms with van der Waals surface area (Å²) in [6, 6.07) is 8.12. The quantitative estimate of drug-likeness (QED) is 0.310. The zero-order valence-corrected chi connectivity index (χ0v) is 15.2. The first-order valence-corrected chi connectivity index (χ1v) is 6.97. The fourth-order valence-electron chi connectivity index (χ4n) is 1.77. The first kappa shape index (κ1) is 21.0. The second-order valence-electron chi connectivity index (χ2n) is 4.91. The molecule has 0 heterocycles. The van der Waals surface area contributed by atoms with Crippen LogP contribution in [0.5, 0.6) is 0 Å². The smallest absolute Gasteiger partial charge is 0.356 e. The monoisotopic (exact) mass is 429 g/mol. The first-order chi connectivity index (χ1) is 9.90. The maximum absolute atomic E-state index is 12.0. The first-order valence-electron chi connectivity index (χ1n) is 6.97. The van der Waals surface area contributed by atoms with Crippen LogP contribution in [0.15, 0.2) is 29.3 Å². The van der Waals surface area contributed by atoms with Gasteiger partial charge in [-0.1, -0.05) is 29.8 Å².